The van der Waals surface area contributed by atoms with E-state index in [1.54, 1.807) is 7.11 Å². The molecule has 0 aromatic carbocycles. The number of nitrogens with zero attached hydrogens (tertiary/aromatic N) is 2. The Hall–Kier alpha value is -0.860. The highest BCUT2D eigenvalue weighted by Crippen LogP contribution is 1.94. The summed E-state index contributed by atoms with van der Waals surface area (Å²) in [6.07, 6.45) is 0.476. The Bertz CT molecular complexity index is 225. The summed E-state index contributed by atoms with van der Waals surface area (Å²) in [5, 5.41) is 12.4. The normalized spacial score (nSPS) is 9.80. The molecule has 5 heteroatoms. The molecule has 0 saturated heterocycles. The fourth-order valence-electron chi connectivity index (χ4n) is 1.04. The van der Waals surface area contributed by atoms with Gasteiger partial charge in [0, 0.05) is 26.2 Å². The summed E-state index contributed by atoms with van der Waals surface area (Å²) in [6, 6.07) is 2.42. The maximum Gasteiger partial charge on any atom is 0.169 e. The van der Waals surface area contributed by atoms with Crippen LogP contribution in [0.2, 0.25) is 0 Å². The van der Waals surface area contributed by atoms with Crippen LogP contribution >= 0.6 is 12.2 Å². The molecule has 0 rings (SSSR count). The van der Waals surface area contributed by atoms with Crippen molar-refractivity contribution < 1.29 is 4.74 Å². The molecule has 0 amide bonds. The standard InChI is InChI=1S/C10H19N3OS/c1-9(2)12-10(15)13(6-4-5-11)7-8-14-3/h9H,4,6-8H2,1-3H3,(H,12,15). The second-order valence-electron chi connectivity index (χ2n) is 3.49. The van der Waals surface area contributed by atoms with Crippen LogP contribution in [0.1, 0.15) is 20.3 Å². The molecule has 0 heterocycles. The van der Waals surface area contributed by atoms with E-state index < -0.39 is 0 Å². The van der Waals surface area contributed by atoms with E-state index in [0.717, 1.165) is 6.54 Å². The Kier molecular flexibility index (Phi) is 7.96. The molecule has 0 unspecified atom stereocenters. The van der Waals surface area contributed by atoms with E-state index in [4.69, 9.17) is 22.2 Å². The number of methoxy groups -OCH3 is 1. The number of hydrogen-bond donors (Lipinski definition) is 1. The Morgan fingerprint density at radius 1 is 1.53 bits per heavy atom. The minimum atomic E-state index is 0.310. The van der Waals surface area contributed by atoms with Crippen molar-refractivity contribution in [3.63, 3.8) is 0 Å². The lowest BCUT2D eigenvalue weighted by atomic mass is 10.4. The van der Waals surface area contributed by atoms with Crippen LogP contribution in [0.5, 0.6) is 0 Å². The topological polar surface area (TPSA) is 48.3 Å². The third-order valence-corrected chi connectivity index (χ3v) is 2.13. The Morgan fingerprint density at radius 3 is 2.67 bits per heavy atom. The third-order valence-electron chi connectivity index (χ3n) is 1.76. The molecule has 0 aliphatic carbocycles. The van der Waals surface area contributed by atoms with E-state index in [2.05, 4.69) is 11.4 Å². The quantitative estimate of drug-likeness (QED) is 0.692. The number of hydrogen-bond acceptors (Lipinski definition) is 3. The lowest BCUT2D eigenvalue weighted by Gasteiger charge is -2.26. The Morgan fingerprint density at radius 2 is 2.20 bits per heavy atom. The van der Waals surface area contributed by atoms with Gasteiger partial charge in [-0.15, -0.1) is 0 Å². The summed E-state index contributed by atoms with van der Waals surface area (Å²) < 4.78 is 5.00. The molecule has 0 fully saturated rings. The zero-order valence-corrected chi connectivity index (χ0v) is 10.4. The van der Waals surface area contributed by atoms with Crippen LogP contribution in [-0.2, 0) is 4.74 Å². The van der Waals surface area contributed by atoms with E-state index in [9.17, 15) is 0 Å². The van der Waals surface area contributed by atoms with E-state index in [1.807, 2.05) is 18.7 Å². The molecule has 0 spiro atoms. The Labute approximate surface area is 97.2 Å². The molecule has 0 aliphatic heterocycles. The minimum absolute atomic E-state index is 0.310. The second kappa shape index (κ2) is 8.45. The van der Waals surface area contributed by atoms with Gasteiger partial charge in [0.1, 0.15) is 0 Å². The number of nitrogens with one attached hydrogen (secondary N) is 1. The lowest BCUT2D eigenvalue weighted by Crippen LogP contribution is -2.44. The van der Waals surface area contributed by atoms with E-state index in [-0.39, 0.29) is 0 Å². The number of thiocarbonyl (C=S) groups is 1. The fraction of sp³-hybridized carbons (Fsp3) is 0.800. The van der Waals surface area contributed by atoms with Gasteiger partial charge in [-0.05, 0) is 26.1 Å². The molecular formula is C10H19N3OS. The average Bonchev–Trinajstić information content (AvgIpc) is 2.17. The van der Waals surface area contributed by atoms with Gasteiger partial charge in [0.05, 0.1) is 19.1 Å². The lowest BCUT2D eigenvalue weighted by molar-refractivity contribution is 0.176. The van der Waals surface area contributed by atoms with Crippen molar-refractivity contribution in [1.82, 2.24) is 10.2 Å². The molecule has 0 radical (unpaired) electrons. The number of ether oxygens (including phenoxy) is 1. The van der Waals surface area contributed by atoms with Crippen LogP contribution in [0.3, 0.4) is 0 Å². The van der Waals surface area contributed by atoms with Crippen molar-refractivity contribution in [3.8, 4) is 6.07 Å². The summed E-state index contributed by atoms with van der Waals surface area (Å²) >= 11 is 5.23. The fourth-order valence-corrected chi connectivity index (χ4v) is 1.46. The van der Waals surface area contributed by atoms with Gasteiger partial charge in [0.2, 0.25) is 0 Å². The Balaban J connectivity index is 4.08. The monoisotopic (exact) mass is 229 g/mol. The number of rotatable bonds is 6. The first-order valence-electron chi connectivity index (χ1n) is 5.03. The van der Waals surface area contributed by atoms with E-state index >= 15 is 0 Å². The molecule has 15 heavy (non-hydrogen) atoms. The van der Waals surface area contributed by atoms with E-state index in [0.29, 0.717) is 30.7 Å². The molecule has 0 atom stereocenters. The summed E-state index contributed by atoms with van der Waals surface area (Å²) in [5.74, 6) is 0. The van der Waals surface area contributed by atoms with Crippen LogP contribution in [0.4, 0.5) is 0 Å². The SMILES string of the molecule is COCCN(CCC#N)C(=S)NC(C)C. The second-order valence-corrected chi connectivity index (χ2v) is 3.88. The van der Waals surface area contributed by atoms with E-state index in [1.165, 1.54) is 0 Å². The maximum atomic E-state index is 8.53. The summed E-state index contributed by atoms with van der Waals surface area (Å²) in [5.41, 5.74) is 0. The minimum Gasteiger partial charge on any atom is -0.383 e. The van der Waals surface area contributed by atoms with Gasteiger partial charge in [-0.3, -0.25) is 0 Å². The molecule has 0 aromatic rings. The van der Waals surface area contributed by atoms with Gasteiger partial charge >= 0.3 is 0 Å². The van der Waals surface area contributed by atoms with Gasteiger partial charge in [0.25, 0.3) is 0 Å². The number of nitriles is 1. The zero-order chi connectivity index (χ0) is 11.7. The van der Waals surface area contributed by atoms with Crippen LogP contribution in [-0.4, -0.2) is 42.9 Å². The van der Waals surface area contributed by atoms with Crippen molar-refractivity contribution in [2.24, 2.45) is 0 Å². The summed E-state index contributed by atoms with van der Waals surface area (Å²) in [6.45, 7) is 6.05. The molecule has 0 bridgehead atoms. The predicted octanol–water partition coefficient (Wildman–Crippen LogP) is 1.13. The largest absolute Gasteiger partial charge is 0.383 e. The molecule has 0 aliphatic rings. The van der Waals surface area contributed by atoms with Crippen molar-refractivity contribution >= 4 is 17.3 Å². The molecule has 4 nitrogen and oxygen atoms in total. The maximum absolute atomic E-state index is 8.53. The molecule has 0 aromatic heterocycles. The predicted molar refractivity (Wildman–Crippen MR) is 64.5 cm³/mol. The van der Waals surface area contributed by atoms with Crippen molar-refractivity contribution in [3.05, 3.63) is 0 Å². The van der Waals surface area contributed by atoms with Gasteiger partial charge in [-0.25, -0.2) is 0 Å². The van der Waals surface area contributed by atoms with Crippen LogP contribution in [0.25, 0.3) is 0 Å². The highest BCUT2D eigenvalue weighted by atomic mass is 32.1. The van der Waals surface area contributed by atoms with Crippen LogP contribution in [0, 0.1) is 11.3 Å². The van der Waals surface area contributed by atoms with Gasteiger partial charge in [0.15, 0.2) is 5.11 Å². The first-order valence-corrected chi connectivity index (χ1v) is 5.44. The molecule has 1 N–H and O–H groups in total. The van der Waals surface area contributed by atoms with Gasteiger partial charge < -0.3 is 15.0 Å². The van der Waals surface area contributed by atoms with Crippen molar-refractivity contribution in [2.45, 2.75) is 26.3 Å². The highest BCUT2D eigenvalue weighted by Gasteiger charge is 2.09. The van der Waals surface area contributed by atoms with Gasteiger partial charge in [-0.1, -0.05) is 0 Å². The molecule has 86 valence electrons. The first kappa shape index (κ1) is 14.1. The smallest absolute Gasteiger partial charge is 0.169 e. The van der Waals surface area contributed by atoms with Crippen LogP contribution in [0.15, 0.2) is 0 Å². The highest BCUT2D eigenvalue weighted by molar-refractivity contribution is 7.80. The molecule has 0 saturated carbocycles. The molecular weight excluding hydrogens is 210 g/mol. The average molecular weight is 229 g/mol. The van der Waals surface area contributed by atoms with Crippen LogP contribution < -0.4 is 5.32 Å². The zero-order valence-electron chi connectivity index (χ0n) is 9.62. The first-order chi connectivity index (χ1) is 7.11. The van der Waals surface area contributed by atoms with Gasteiger partial charge in [-0.2, -0.15) is 5.26 Å². The third kappa shape index (κ3) is 7.11. The summed E-state index contributed by atoms with van der Waals surface area (Å²) in [7, 11) is 1.65. The van der Waals surface area contributed by atoms with Crippen molar-refractivity contribution in [2.75, 3.05) is 26.8 Å². The van der Waals surface area contributed by atoms with Crippen molar-refractivity contribution in [1.29, 1.82) is 5.26 Å². The summed E-state index contributed by atoms with van der Waals surface area (Å²) in [4.78, 5) is 1.96.